The highest BCUT2D eigenvalue weighted by Gasteiger charge is 2.12. The van der Waals surface area contributed by atoms with Crippen LogP contribution in [0.15, 0.2) is 23.2 Å². The van der Waals surface area contributed by atoms with Gasteiger partial charge in [-0.15, -0.1) is 0 Å². The van der Waals surface area contributed by atoms with E-state index in [0.29, 0.717) is 12.5 Å². The summed E-state index contributed by atoms with van der Waals surface area (Å²) in [6.07, 6.45) is 0.829. The van der Waals surface area contributed by atoms with Crippen LogP contribution in [0.5, 0.6) is 5.75 Å². The molecule has 0 atom stereocenters. The van der Waals surface area contributed by atoms with Gasteiger partial charge in [0, 0.05) is 19.6 Å². The first-order valence-corrected chi connectivity index (χ1v) is 6.97. The van der Waals surface area contributed by atoms with Crippen LogP contribution in [0.2, 0.25) is 0 Å². The number of aryl methyl sites for hydroxylation is 1. The lowest BCUT2D eigenvalue weighted by molar-refractivity contribution is 0.0674. The number of guanidine groups is 1. The Labute approximate surface area is 120 Å². The van der Waals surface area contributed by atoms with Gasteiger partial charge in [-0.05, 0) is 25.0 Å². The van der Waals surface area contributed by atoms with Gasteiger partial charge in [0.1, 0.15) is 5.75 Å². The number of morpholine rings is 1. The first kappa shape index (κ1) is 14.7. The molecule has 0 aliphatic carbocycles. The average molecular weight is 277 g/mol. The minimum atomic E-state index is 0.611. The summed E-state index contributed by atoms with van der Waals surface area (Å²) >= 11 is 0. The quantitative estimate of drug-likeness (QED) is 0.663. The standard InChI is InChI=1S/C15H23N3O2/c1-12-3-4-14(19-2)13(11-12)5-6-17-15(16)18-7-9-20-10-8-18/h3-4,11H,5-10H2,1-2H3,(H2,16,17). The number of nitrogens with two attached hydrogens (primary N) is 1. The Morgan fingerprint density at radius 1 is 1.40 bits per heavy atom. The minimum Gasteiger partial charge on any atom is -0.496 e. The van der Waals surface area contributed by atoms with Gasteiger partial charge < -0.3 is 20.1 Å². The van der Waals surface area contributed by atoms with Gasteiger partial charge in [0.25, 0.3) is 0 Å². The topological polar surface area (TPSA) is 60.1 Å². The van der Waals surface area contributed by atoms with Crippen molar-refractivity contribution in [3.63, 3.8) is 0 Å². The monoisotopic (exact) mass is 277 g/mol. The molecule has 1 aromatic rings. The maximum Gasteiger partial charge on any atom is 0.191 e. The van der Waals surface area contributed by atoms with Crippen molar-refractivity contribution < 1.29 is 9.47 Å². The lowest BCUT2D eigenvalue weighted by Crippen LogP contribution is -2.44. The van der Waals surface area contributed by atoms with Gasteiger partial charge in [0.05, 0.1) is 20.3 Å². The number of hydrogen-bond acceptors (Lipinski definition) is 3. The van der Waals surface area contributed by atoms with Crippen LogP contribution in [0.1, 0.15) is 11.1 Å². The van der Waals surface area contributed by atoms with E-state index in [1.54, 1.807) is 7.11 Å². The van der Waals surface area contributed by atoms with E-state index in [0.717, 1.165) is 38.5 Å². The van der Waals surface area contributed by atoms with E-state index < -0.39 is 0 Å². The second-order valence-corrected chi connectivity index (χ2v) is 4.90. The fraction of sp³-hybridized carbons (Fsp3) is 0.533. The third-order valence-corrected chi connectivity index (χ3v) is 3.43. The van der Waals surface area contributed by atoms with Crippen LogP contribution in [0.25, 0.3) is 0 Å². The highest BCUT2D eigenvalue weighted by Crippen LogP contribution is 2.20. The molecule has 1 saturated heterocycles. The Bertz CT molecular complexity index is 468. The van der Waals surface area contributed by atoms with Gasteiger partial charge in [-0.25, -0.2) is 0 Å². The van der Waals surface area contributed by atoms with E-state index in [-0.39, 0.29) is 0 Å². The number of hydrogen-bond donors (Lipinski definition) is 1. The molecule has 5 nitrogen and oxygen atoms in total. The molecule has 0 bridgehead atoms. The summed E-state index contributed by atoms with van der Waals surface area (Å²) in [5.41, 5.74) is 8.40. The zero-order chi connectivity index (χ0) is 14.4. The summed E-state index contributed by atoms with van der Waals surface area (Å²) in [4.78, 5) is 6.52. The van der Waals surface area contributed by atoms with Crippen molar-refractivity contribution in [3.05, 3.63) is 29.3 Å². The van der Waals surface area contributed by atoms with Crippen LogP contribution in [0.4, 0.5) is 0 Å². The molecule has 0 unspecified atom stereocenters. The van der Waals surface area contributed by atoms with Gasteiger partial charge in [0.15, 0.2) is 5.96 Å². The molecule has 5 heteroatoms. The van der Waals surface area contributed by atoms with Crippen molar-refractivity contribution in [1.82, 2.24) is 4.90 Å². The fourth-order valence-electron chi connectivity index (χ4n) is 2.29. The van der Waals surface area contributed by atoms with Crippen molar-refractivity contribution in [2.24, 2.45) is 10.7 Å². The zero-order valence-corrected chi connectivity index (χ0v) is 12.3. The predicted molar refractivity (Wildman–Crippen MR) is 80.3 cm³/mol. The summed E-state index contributed by atoms with van der Waals surface area (Å²) < 4.78 is 10.7. The Morgan fingerprint density at radius 3 is 2.85 bits per heavy atom. The number of nitrogens with zero attached hydrogens (tertiary/aromatic N) is 2. The number of rotatable bonds is 4. The largest absolute Gasteiger partial charge is 0.496 e. The molecule has 1 aromatic carbocycles. The second kappa shape index (κ2) is 7.14. The van der Waals surface area contributed by atoms with Gasteiger partial charge >= 0.3 is 0 Å². The SMILES string of the molecule is COc1ccc(C)cc1CCN=C(N)N1CCOCC1. The molecular weight excluding hydrogens is 254 g/mol. The van der Waals surface area contributed by atoms with Gasteiger partial charge in [-0.2, -0.15) is 0 Å². The zero-order valence-electron chi connectivity index (χ0n) is 12.3. The highest BCUT2D eigenvalue weighted by atomic mass is 16.5. The molecule has 1 aliphatic rings. The van der Waals surface area contributed by atoms with E-state index in [1.807, 2.05) is 12.1 Å². The second-order valence-electron chi connectivity index (χ2n) is 4.90. The molecule has 0 amide bonds. The molecule has 2 rings (SSSR count). The maximum absolute atomic E-state index is 6.00. The van der Waals surface area contributed by atoms with Crippen LogP contribution in [0.3, 0.4) is 0 Å². The third-order valence-electron chi connectivity index (χ3n) is 3.43. The Hall–Kier alpha value is -1.75. The molecule has 2 N–H and O–H groups in total. The van der Waals surface area contributed by atoms with E-state index in [1.165, 1.54) is 11.1 Å². The van der Waals surface area contributed by atoms with E-state index in [2.05, 4.69) is 22.9 Å². The summed E-state index contributed by atoms with van der Waals surface area (Å²) in [7, 11) is 1.69. The summed E-state index contributed by atoms with van der Waals surface area (Å²) in [6, 6.07) is 6.19. The van der Waals surface area contributed by atoms with Crippen LogP contribution >= 0.6 is 0 Å². The Morgan fingerprint density at radius 2 is 2.15 bits per heavy atom. The van der Waals surface area contributed by atoms with Gasteiger partial charge in [-0.3, -0.25) is 4.99 Å². The van der Waals surface area contributed by atoms with Crippen molar-refractivity contribution in [2.75, 3.05) is 40.0 Å². The lowest BCUT2D eigenvalue weighted by atomic mass is 10.1. The van der Waals surface area contributed by atoms with Crippen LogP contribution < -0.4 is 10.5 Å². The number of aliphatic imine (C=N–C) groups is 1. The van der Waals surface area contributed by atoms with Crippen molar-refractivity contribution in [3.8, 4) is 5.75 Å². The van der Waals surface area contributed by atoms with Crippen LogP contribution in [-0.2, 0) is 11.2 Å². The van der Waals surface area contributed by atoms with Gasteiger partial charge in [-0.1, -0.05) is 17.7 Å². The molecular formula is C15H23N3O2. The normalized spacial score (nSPS) is 16.3. The summed E-state index contributed by atoms with van der Waals surface area (Å²) in [6.45, 7) is 5.84. The summed E-state index contributed by atoms with van der Waals surface area (Å²) in [5, 5.41) is 0. The minimum absolute atomic E-state index is 0.611. The van der Waals surface area contributed by atoms with E-state index in [4.69, 9.17) is 15.2 Å². The lowest BCUT2D eigenvalue weighted by Gasteiger charge is -2.27. The first-order chi connectivity index (χ1) is 9.70. The Kier molecular flexibility index (Phi) is 5.24. The van der Waals surface area contributed by atoms with Crippen molar-refractivity contribution in [1.29, 1.82) is 0 Å². The molecule has 1 heterocycles. The van der Waals surface area contributed by atoms with E-state index in [9.17, 15) is 0 Å². The molecule has 110 valence electrons. The fourth-order valence-corrected chi connectivity index (χ4v) is 2.29. The third kappa shape index (κ3) is 3.87. The Balaban J connectivity index is 1.93. The van der Waals surface area contributed by atoms with Crippen LogP contribution in [-0.4, -0.2) is 50.8 Å². The predicted octanol–water partition coefficient (Wildman–Crippen LogP) is 1.19. The number of ether oxygens (including phenoxy) is 2. The van der Waals surface area contributed by atoms with E-state index >= 15 is 0 Å². The van der Waals surface area contributed by atoms with Crippen molar-refractivity contribution in [2.45, 2.75) is 13.3 Å². The molecule has 0 aromatic heterocycles. The van der Waals surface area contributed by atoms with Gasteiger partial charge in [0.2, 0.25) is 0 Å². The molecule has 1 fully saturated rings. The first-order valence-electron chi connectivity index (χ1n) is 6.97. The smallest absolute Gasteiger partial charge is 0.191 e. The van der Waals surface area contributed by atoms with Crippen molar-refractivity contribution >= 4 is 5.96 Å². The number of benzene rings is 1. The highest BCUT2D eigenvalue weighted by molar-refractivity contribution is 5.78. The molecule has 20 heavy (non-hydrogen) atoms. The summed E-state index contributed by atoms with van der Waals surface area (Å²) in [5.74, 6) is 1.52. The average Bonchev–Trinajstić information content (AvgIpc) is 2.48. The maximum atomic E-state index is 6.00. The van der Waals surface area contributed by atoms with Crippen LogP contribution in [0, 0.1) is 6.92 Å². The molecule has 0 radical (unpaired) electrons. The molecule has 0 saturated carbocycles. The molecule has 1 aliphatic heterocycles. The number of methoxy groups -OCH3 is 1. The molecule has 0 spiro atoms.